The Morgan fingerprint density at radius 1 is 1.32 bits per heavy atom. The topological polar surface area (TPSA) is 24.9 Å². The highest BCUT2D eigenvalue weighted by atomic mass is 79.9. The van der Waals surface area contributed by atoms with Crippen molar-refractivity contribution in [2.75, 3.05) is 5.32 Å². The maximum Gasteiger partial charge on any atom is 0.140 e. The van der Waals surface area contributed by atoms with Crippen LogP contribution in [0.25, 0.3) is 0 Å². The molecule has 2 nitrogen and oxygen atoms in total. The molecule has 0 amide bonds. The van der Waals surface area contributed by atoms with Crippen LogP contribution >= 0.6 is 27.5 Å². The van der Waals surface area contributed by atoms with Crippen LogP contribution in [0, 0.1) is 0 Å². The summed E-state index contributed by atoms with van der Waals surface area (Å²) in [5, 5.41) is 4.16. The van der Waals surface area contributed by atoms with E-state index >= 15 is 0 Å². The van der Waals surface area contributed by atoms with Gasteiger partial charge < -0.3 is 5.32 Å². The van der Waals surface area contributed by atoms with Crippen LogP contribution in [-0.2, 0) is 6.42 Å². The summed E-state index contributed by atoms with van der Waals surface area (Å²) in [5.74, 6) is 0.853. The number of nitrogens with zero attached hydrogens (tertiary/aromatic N) is 1. The average molecular weight is 338 g/mol. The maximum atomic E-state index is 5.92. The van der Waals surface area contributed by atoms with Crippen molar-refractivity contribution >= 4 is 33.3 Å². The van der Waals surface area contributed by atoms with Crippen molar-refractivity contribution in [3.05, 3.63) is 57.2 Å². The Morgan fingerprint density at radius 2 is 2.16 bits per heavy atom. The molecule has 1 heterocycles. The molecule has 3 rings (SSSR count). The molecule has 0 saturated heterocycles. The SMILES string of the molecule is Clc1cnc(NC2CCCc3ccccc32)c(Br)c1. The van der Waals surface area contributed by atoms with Crippen LogP contribution < -0.4 is 5.32 Å². The van der Waals surface area contributed by atoms with Gasteiger partial charge in [0.05, 0.1) is 15.5 Å². The van der Waals surface area contributed by atoms with Crippen LogP contribution in [0.5, 0.6) is 0 Å². The van der Waals surface area contributed by atoms with Gasteiger partial charge in [0, 0.05) is 6.20 Å². The lowest BCUT2D eigenvalue weighted by Gasteiger charge is -2.27. The lowest BCUT2D eigenvalue weighted by atomic mass is 9.88. The number of pyridine rings is 1. The predicted octanol–water partition coefficient (Wildman–Crippen LogP) is 4.99. The molecule has 1 aliphatic carbocycles. The van der Waals surface area contributed by atoms with Gasteiger partial charge in [0.25, 0.3) is 0 Å². The lowest BCUT2D eigenvalue weighted by Crippen LogP contribution is -2.18. The van der Waals surface area contributed by atoms with Gasteiger partial charge in [-0.05, 0) is 52.4 Å². The first kappa shape index (κ1) is 12.9. The summed E-state index contributed by atoms with van der Waals surface area (Å²) >= 11 is 9.42. The Morgan fingerprint density at radius 3 is 3.00 bits per heavy atom. The lowest BCUT2D eigenvalue weighted by molar-refractivity contribution is 0.598. The van der Waals surface area contributed by atoms with E-state index in [0.29, 0.717) is 11.1 Å². The first-order valence-corrected chi connectivity index (χ1v) is 7.56. The zero-order valence-corrected chi connectivity index (χ0v) is 12.7. The molecule has 1 unspecified atom stereocenters. The number of hydrogen-bond donors (Lipinski definition) is 1. The van der Waals surface area contributed by atoms with E-state index in [4.69, 9.17) is 11.6 Å². The molecule has 1 aliphatic rings. The molecule has 0 saturated carbocycles. The van der Waals surface area contributed by atoms with Crippen molar-refractivity contribution in [3.63, 3.8) is 0 Å². The van der Waals surface area contributed by atoms with Gasteiger partial charge in [0.2, 0.25) is 0 Å². The van der Waals surface area contributed by atoms with E-state index in [-0.39, 0.29) is 0 Å². The number of aryl methyl sites for hydroxylation is 1. The monoisotopic (exact) mass is 336 g/mol. The third-order valence-electron chi connectivity index (χ3n) is 3.49. The Hall–Kier alpha value is -1.06. The van der Waals surface area contributed by atoms with E-state index in [1.807, 2.05) is 6.07 Å². The zero-order chi connectivity index (χ0) is 13.2. The van der Waals surface area contributed by atoms with Crippen LogP contribution in [-0.4, -0.2) is 4.98 Å². The molecule has 1 aromatic heterocycles. The highest BCUT2D eigenvalue weighted by Gasteiger charge is 2.20. The molecular weight excluding hydrogens is 324 g/mol. The van der Waals surface area contributed by atoms with Gasteiger partial charge in [0.15, 0.2) is 0 Å². The standard InChI is InChI=1S/C15H14BrClN2/c16-13-8-11(17)9-18-15(13)19-14-7-3-5-10-4-1-2-6-12(10)14/h1-2,4,6,8-9,14H,3,5,7H2,(H,18,19). The summed E-state index contributed by atoms with van der Waals surface area (Å²) < 4.78 is 0.906. The van der Waals surface area contributed by atoms with Crippen LogP contribution in [0.2, 0.25) is 5.02 Å². The normalized spacial score (nSPS) is 17.9. The van der Waals surface area contributed by atoms with Crippen molar-refractivity contribution < 1.29 is 0 Å². The van der Waals surface area contributed by atoms with Crippen LogP contribution in [0.1, 0.15) is 30.0 Å². The second-order valence-electron chi connectivity index (χ2n) is 4.77. The Kier molecular flexibility index (Phi) is 3.76. The molecule has 1 aromatic carbocycles. The quantitative estimate of drug-likeness (QED) is 0.835. The van der Waals surface area contributed by atoms with Gasteiger partial charge in [-0.25, -0.2) is 4.98 Å². The fourth-order valence-electron chi connectivity index (χ4n) is 2.59. The van der Waals surface area contributed by atoms with Crippen molar-refractivity contribution in [2.24, 2.45) is 0 Å². The van der Waals surface area contributed by atoms with E-state index in [1.54, 1.807) is 6.20 Å². The number of benzene rings is 1. The summed E-state index contributed by atoms with van der Waals surface area (Å²) in [5.41, 5.74) is 2.83. The van der Waals surface area contributed by atoms with Crippen LogP contribution in [0.15, 0.2) is 41.0 Å². The van der Waals surface area contributed by atoms with E-state index in [1.165, 1.54) is 24.0 Å². The van der Waals surface area contributed by atoms with Gasteiger partial charge in [-0.3, -0.25) is 0 Å². The fourth-order valence-corrected chi connectivity index (χ4v) is 3.34. The number of fused-ring (bicyclic) bond motifs is 1. The third kappa shape index (κ3) is 2.77. The maximum absolute atomic E-state index is 5.92. The molecule has 2 aromatic rings. The molecule has 98 valence electrons. The minimum absolute atomic E-state index is 0.329. The van der Waals surface area contributed by atoms with E-state index in [9.17, 15) is 0 Å². The number of hydrogen-bond acceptors (Lipinski definition) is 2. The van der Waals surface area contributed by atoms with E-state index in [2.05, 4.69) is 50.5 Å². The first-order valence-electron chi connectivity index (χ1n) is 6.39. The van der Waals surface area contributed by atoms with Crippen molar-refractivity contribution in [1.82, 2.24) is 4.98 Å². The highest BCUT2D eigenvalue weighted by molar-refractivity contribution is 9.10. The molecule has 4 heteroatoms. The van der Waals surface area contributed by atoms with Crippen LogP contribution in [0.3, 0.4) is 0 Å². The summed E-state index contributed by atoms with van der Waals surface area (Å²) in [7, 11) is 0. The average Bonchev–Trinajstić information content (AvgIpc) is 2.42. The molecule has 0 fully saturated rings. The molecule has 0 spiro atoms. The minimum atomic E-state index is 0.329. The van der Waals surface area contributed by atoms with E-state index in [0.717, 1.165) is 16.7 Å². The second-order valence-corrected chi connectivity index (χ2v) is 6.06. The number of halogens is 2. The summed E-state index contributed by atoms with van der Waals surface area (Å²) in [6.45, 7) is 0. The number of aromatic nitrogens is 1. The molecule has 0 aliphatic heterocycles. The van der Waals surface area contributed by atoms with Gasteiger partial charge in [-0.2, -0.15) is 0 Å². The highest BCUT2D eigenvalue weighted by Crippen LogP contribution is 2.34. The van der Waals surface area contributed by atoms with Gasteiger partial charge in [-0.15, -0.1) is 0 Å². The number of rotatable bonds is 2. The fraction of sp³-hybridized carbons (Fsp3) is 0.267. The zero-order valence-electron chi connectivity index (χ0n) is 10.4. The third-order valence-corrected chi connectivity index (χ3v) is 4.30. The summed E-state index contributed by atoms with van der Waals surface area (Å²) in [6.07, 6.45) is 5.18. The van der Waals surface area contributed by atoms with Crippen molar-refractivity contribution in [2.45, 2.75) is 25.3 Å². The number of nitrogens with one attached hydrogen (secondary N) is 1. The Bertz CT molecular complexity index is 600. The van der Waals surface area contributed by atoms with E-state index < -0.39 is 0 Å². The largest absolute Gasteiger partial charge is 0.362 e. The van der Waals surface area contributed by atoms with Crippen molar-refractivity contribution in [3.8, 4) is 0 Å². The second kappa shape index (κ2) is 5.51. The Labute approximate surface area is 126 Å². The van der Waals surface area contributed by atoms with Crippen LogP contribution in [0.4, 0.5) is 5.82 Å². The number of anilines is 1. The molecule has 1 atom stereocenters. The van der Waals surface area contributed by atoms with Gasteiger partial charge in [-0.1, -0.05) is 35.9 Å². The summed E-state index contributed by atoms with van der Waals surface area (Å²) in [4.78, 5) is 4.35. The Balaban J connectivity index is 1.88. The van der Waals surface area contributed by atoms with Gasteiger partial charge in [0.1, 0.15) is 5.82 Å². The molecule has 19 heavy (non-hydrogen) atoms. The minimum Gasteiger partial charge on any atom is -0.362 e. The molecule has 0 radical (unpaired) electrons. The first-order chi connectivity index (χ1) is 9.24. The molecule has 0 bridgehead atoms. The predicted molar refractivity (Wildman–Crippen MR) is 82.7 cm³/mol. The summed E-state index contributed by atoms with van der Waals surface area (Å²) in [6, 6.07) is 10.8. The molecule has 1 N–H and O–H groups in total. The van der Waals surface area contributed by atoms with Gasteiger partial charge >= 0.3 is 0 Å². The smallest absolute Gasteiger partial charge is 0.140 e. The molecular formula is C15H14BrClN2. The van der Waals surface area contributed by atoms with Crippen molar-refractivity contribution in [1.29, 1.82) is 0 Å².